The molecule has 0 saturated carbocycles. The van der Waals surface area contributed by atoms with E-state index < -0.39 is 0 Å². The summed E-state index contributed by atoms with van der Waals surface area (Å²) in [4.78, 5) is 4.35. The van der Waals surface area contributed by atoms with Gasteiger partial charge in [0.05, 0.1) is 25.3 Å². The Labute approximate surface area is 103 Å². The fraction of sp³-hybridized carbons (Fsp3) is 0.600. The van der Waals surface area contributed by atoms with E-state index in [1.165, 1.54) is 0 Å². The highest BCUT2D eigenvalue weighted by molar-refractivity contribution is 5.44. The van der Waals surface area contributed by atoms with Gasteiger partial charge in [-0.25, -0.2) is 0 Å². The molecule has 8 nitrogen and oxygen atoms in total. The molecule has 0 aromatic carbocycles. The summed E-state index contributed by atoms with van der Waals surface area (Å²) in [5, 5.41) is 17.4. The molecule has 0 radical (unpaired) electrons. The van der Waals surface area contributed by atoms with Crippen LogP contribution in [-0.4, -0.2) is 51.4 Å². The van der Waals surface area contributed by atoms with Gasteiger partial charge in [0.2, 0.25) is 11.7 Å². The van der Waals surface area contributed by atoms with Crippen LogP contribution in [-0.2, 0) is 4.74 Å². The van der Waals surface area contributed by atoms with Gasteiger partial charge in [-0.3, -0.25) is 0 Å². The summed E-state index contributed by atoms with van der Waals surface area (Å²) in [5.74, 6) is 1.12. The van der Waals surface area contributed by atoms with Crippen LogP contribution in [0.15, 0.2) is 10.7 Å². The van der Waals surface area contributed by atoms with Crippen LogP contribution in [0.3, 0.4) is 0 Å². The molecular weight excluding hydrogens is 236 g/mol. The molecule has 1 fully saturated rings. The topological polar surface area (TPSA) is 102 Å². The van der Waals surface area contributed by atoms with Crippen LogP contribution < -0.4 is 5.32 Å². The molecule has 2 unspecified atom stereocenters. The Morgan fingerprint density at radius 3 is 3.22 bits per heavy atom. The summed E-state index contributed by atoms with van der Waals surface area (Å²) in [7, 11) is 0. The number of hydrogen-bond acceptors (Lipinski definition) is 7. The predicted octanol–water partition coefficient (Wildman–Crippen LogP) is -0.0534. The van der Waals surface area contributed by atoms with Crippen LogP contribution in [0.25, 0.3) is 11.5 Å². The minimum Gasteiger partial charge on any atom is -0.379 e. The van der Waals surface area contributed by atoms with Crippen LogP contribution in [0.4, 0.5) is 0 Å². The zero-order valence-corrected chi connectivity index (χ0v) is 9.96. The lowest BCUT2D eigenvalue weighted by Crippen LogP contribution is -2.34. The van der Waals surface area contributed by atoms with E-state index in [0.717, 1.165) is 6.54 Å². The Balaban J connectivity index is 1.80. The van der Waals surface area contributed by atoms with Gasteiger partial charge in [-0.2, -0.15) is 20.4 Å². The van der Waals surface area contributed by atoms with Gasteiger partial charge in [0, 0.05) is 6.04 Å². The Morgan fingerprint density at radius 1 is 1.50 bits per heavy atom. The molecule has 8 heteroatoms. The highest BCUT2D eigenvalue weighted by atomic mass is 16.5. The maximum Gasteiger partial charge on any atom is 0.234 e. The van der Waals surface area contributed by atoms with Gasteiger partial charge in [-0.05, 0) is 6.54 Å². The van der Waals surface area contributed by atoms with Crippen LogP contribution in [0, 0.1) is 0 Å². The third kappa shape index (κ3) is 2.00. The average molecular weight is 250 g/mol. The number of H-pyrrole nitrogens is 1. The standard InChI is InChI=1S/C10H14N6O2/c1-2-11-8-5-17-4-6(8)10-13-9(15-18-10)7-3-12-16-14-7/h3,6,8,11H,2,4-5H2,1H3,(H,12,14,16). The summed E-state index contributed by atoms with van der Waals surface area (Å²) in [6, 6.07) is 0.223. The number of nitrogens with zero attached hydrogens (tertiary/aromatic N) is 4. The van der Waals surface area contributed by atoms with Crippen molar-refractivity contribution in [1.82, 2.24) is 30.9 Å². The summed E-state index contributed by atoms with van der Waals surface area (Å²) in [6.45, 7) is 4.21. The molecule has 96 valence electrons. The fourth-order valence-corrected chi connectivity index (χ4v) is 2.06. The second-order valence-corrected chi connectivity index (χ2v) is 4.12. The van der Waals surface area contributed by atoms with Crippen LogP contribution >= 0.6 is 0 Å². The zero-order valence-electron chi connectivity index (χ0n) is 9.96. The number of ether oxygens (including phenoxy) is 1. The van der Waals surface area contributed by atoms with Crippen molar-refractivity contribution < 1.29 is 9.26 Å². The number of rotatable bonds is 4. The Hall–Kier alpha value is -1.80. The first-order valence-corrected chi connectivity index (χ1v) is 5.89. The summed E-state index contributed by atoms with van der Waals surface area (Å²) in [5.41, 5.74) is 0.573. The maximum absolute atomic E-state index is 5.45. The molecule has 2 aromatic heterocycles. The molecule has 0 bridgehead atoms. The number of nitrogens with one attached hydrogen (secondary N) is 2. The number of likely N-dealkylation sites (N-methyl/N-ethyl adjacent to an activating group) is 1. The highest BCUT2D eigenvalue weighted by Crippen LogP contribution is 2.25. The summed E-state index contributed by atoms with van der Waals surface area (Å²) >= 11 is 0. The van der Waals surface area contributed by atoms with E-state index in [9.17, 15) is 0 Å². The molecule has 2 aromatic rings. The molecule has 3 rings (SSSR count). The van der Waals surface area contributed by atoms with E-state index in [1.807, 2.05) is 0 Å². The van der Waals surface area contributed by atoms with Gasteiger partial charge in [-0.15, -0.1) is 0 Å². The van der Waals surface area contributed by atoms with Crippen molar-refractivity contribution in [2.45, 2.75) is 18.9 Å². The van der Waals surface area contributed by atoms with E-state index >= 15 is 0 Å². The lowest BCUT2D eigenvalue weighted by molar-refractivity contribution is 0.185. The maximum atomic E-state index is 5.45. The normalized spacial score (nSPS) is 23.6. The molecule has 1 aliphatic heterocycles. The van der Waals surface area contributed by atoms with E-state index in [2.05, 4.69) is 37.8 Å². The number of aromatic nitrogens is 5. The third-order valence-electron chi connectivity index (χ3n) is 2.95. The smallest absolute Gasteiger partial charge is 0.234 e. The minimum absolute atomic E-state index is 0.0955. The second kappa shape index (κ2) is 4.83. The number of hydrogen-bond donors (Lipinski definition) is 2. The van der Waals surface area contributed by atoms with Crippen molar-refractivity contribution in [1.29, 1.82) is 0 Å². The van der Waals surface area contributed by atoms with E-state index in [-0.39, 0.29) is 12.0 Å². The van der Waals surface area contributed by atoms with Gasteiger partial charge < -0.3 is 14.6 Å². The van der Waals surface area contributed by atoms with Gasteiger partial charge in [-0.1, -0.05) is 12.1 Å². The molecule has 0 amide bonds. The van der Waals surface area contributed by atoms with Gasteiger partial charge in [0.15, 0.2) is 5.69 Å². The quantitative estimate of drug-likeness (QED) is 0.784. The Bertz CT molecular complexity index is 496. The molecule has 1 saturated heterocycles. The van der Waals surface area contributed by atoms with E-state index in [0.29, 0.717) is 30.6 Å². The van der Waals surface area contributed by atoms with Crippen LogP contribution in [0.5, 0.6) is 0 Å². The van der Waals surface area contributed by atoms with Crippen molar-refractivity contribution in [3.63, 3.8) is 0 Å². The molecule has 2 N–H and O–H groups in total. The van der Waals surface area contributed by atoms with E-state index in [4.69, 9.17) is 9.26 Å². The molecule has 18 heavy (non-hydrogen) atoms. The molecule has 2 atom stereocenters. The minimum atomic E-state index is 0.0955. The monoisotopic (exact) mass is 250 g/mol. The van der Waals surface area contributed by atoms with Gasteiger partial charge >= 0.3 is 0 Å². The molecule has 0 spiro atoms. The van der Waals surface area contributed by atoms with Crippen LogP contribution in [0.1, 0.15) is 18.7 Å². The Kier molecular flexibility index (Phi) is 3.03. The first-order chi connectivity index (χ1) is 8.88. The highest BCUT2D eigenvalue weighted by Gasteiger charge is 2.33. The molecule has 0 aliphatic carbocycles. The first kappa shape index (κ1) is 11.3. The zero-order chi connectivity index (χ0) is 12.4. The van der Waals surface area contributed by atoms with Crippen LogP contribution in [0.2, 0.25) is 0 Å². The van der Waals surface area contributed by atoms with E-state index in [1.54, 1.807) is 6.20 Å². The first-order valence-electron chi connectivity index (χ1n) is 5.89. The van der Waals surface area contributed by atoms with Crippen molar-refractivity contribution in [3.8, 4) is 11.5 Å². The lowest BCUT2D eigenvalue weighted by Gasteiger charge is -2.13. The van der Waals surface area contributed by atoms with Crippen molar-refractivity contribution in [3.05, 3.63) is 12.1 Å². The number of aromatic amines is 1. The fourth-order valence-electron chi connectivity index (χ4n) is 2.06. The molecule has 3 heterocycles. The lowest BCUT2D eigenvalue weighted by atomic mass is 10.0. The summed E-state index contributed by atoms with van der Waals surface area (Å²) in [6.07, 6.45) is 1.56. The van der Waals surface area contributed by atoms with Crippen molar-refractivity contribution in [2.24, 2.45) is 0 Å². The Morgan fingerprint density at radius 2 is 2.44 bits per heavy atom. The van der Waals surface area contributed by atoms with Crippen molar-refractivity contribution >= 4 is 0 Å². The predicted molar refractivity (Wildman–Crippen MR) is 60.7 cm³/mol. The third-order valence-corrected chi connectivity index (χ3v) is 2.95. The van der Waals surface area contributed by atoms with Gasteiger partial charge in [0.25, 0.3) is 0 Å². The van der Waals surface area contributed by atoms with Crippen molar-refractivity contribution in [2.75, 3.05) is 19.8 Å². The molecule has 1 aliphatic rings. The summed E-state index contributed by atoms with van der Waals surface area (Å²) < 4.78 is 10.7. The molecular formula is C10H14N6O2. The van der Waals surface area contributed by atoms with Gasteiger partial charge in [0.1, 0.15) is 0 Å². The largest absolute Gasteiger partial charge is 0.379 e. The average Bonchev–Trinajstić information content (AvgIpc) is 3.10. The SMILES string of the molecule is CCNC1COCC1c1nc(-c2cn[nH]n2)no1. The second-order valence-electron chi connectivity index (χ2n) is 4.12.